The van der Waals surface area contributed by atoms with Gasteiger partial charge in [-0.05, 0) is 27.2 Å². The smallest absolute Gasteiger partial charge is 0.122 e. The quantitative estimate of drug-likeness (QED) is 0.801. The van der Waals surface area contributed by atoms with E-state index < -0.39 is 0 Å². The van der Waals surface area contributed by atoms with Crippen LogP contribution in [0.15, 0.2) is 0 Å². The minimum Gasteiger partial charge on any atom is -0.373 e. The summed E-state index contributed by atoms with van der Waals surface area (Å²) in [5, 5.41) is 1.60. The van der Waals surface area contributed by atoms with Gasteiger partial charge in [-0.2, -0.15) is 0 Å². The molecule has 2 rings (SSSR count). The molecule has 0 bridgehead atoms. The molecule has 0 radical (unpaired) electrons. The Hall–Kier alpha value is -0.160. The molecular weight excluding hydrogens is 216 g/mol. The summed E-state index contributed by atoms with van der Waals surface area (Å²) in [5.41, 5.74) is 0. The van der Waals surface area contributed by atoms with Gasteiger partial charge in [-0.3, -0.25) is 4.90 Å². The van der Waals surface area contributed by atoms with Gasteiger partial charge in [-0.25, -0.2) is 0 Å². The maximum absolute atomic E-state index is 7.74. The average molecular weight is 246 g/mol. The number of morpholine rings is 2. The first-order chi connectivity index (χ1) is 9.06. The molecule has 100 valence electrons. The van der Waals surface area contributed by atoms with Crippen molar-refractivity contribution in [3.05, 3.63) is 0 Å². The van der Waals surface area contributed by atoms with Crippen LogP contribution in [0, 0.1) is 0 Å². The lowest BCUT2D eigenvalue weighted by molar-refractivity contribution is -0.0773. The van der Waals surface area contributed by atoms with E-state index in [1.165, 1.54) is 0 Å². The third-order valence-corrected chi connectivity index (χ3v) is 3.31. The maximum atomic E-state index is 7.74. The second kappa shape index (κ2) is 6.14. The van der Waals surface area contributed by atoms with Crippen LogP contribution in [0.25, 0.3) is 0 Å². The molecule has 2 heterocycles. The van der Waals surface area contributed by atoms with Crippen LogP contribution >= 0.6 is 0 Å². The molecule has 17 heavy (non-hydrogen) atoms. The molecule has 0 amide bonds. The van der Waals surface area contributed by atoms with Gasteiger partial charge in [-0.1, -0.05) is 0 Å². The number of rotatable bonds is 3. The first-order valence-electron chi connectivity index (χ1n) is 7.78. The van der Waals surface area contributed by atoms with Crippen LogP contribution in [0.1, 0.15) is 28.5 Å². The lowest BCUT2D eigenvalue weighted by atomic mass is 10.1. The first kappa shape index (κ1) is 10.7. The minimum absolute atomic E-state index is 0.0441. The topological polar surface area (TPSA) is 33.7 Å². The van der Waals surface area contributed by atoms with Gasteiger partial charge in [-0.15, -0.1) is 0 Å². The molecule has 4 nitrogen and oxygen atoms in total. The maximum Gasteiger partial charge on any atom is 0.122 e. The van der Waals surface area contributed by atoms with Gasteiger partial charge in [0.15, 0.2) is 0 Å². The van der Waals surface area contributed by atoms with E-state index in [9.17, 15) is 0 Å². The summed E-state index contributed by atoms with van der Waals surface area (Å²) in [6, 6.07) is 0. The Balaban J connectivity index is 1.75. The van der Waals surface area contributed by atoms with Crippen molar-refractivity contribution in [2.75, 3.05) is 32.7 Å². The second-order valence-electron chi connectivity index (χ2n) is 5.27. The zero-order valence-electron chi connectivity index (χ0n) is 13.0. The van der Waals surface area contributed by atoms with Crippen LogP contribution in [-0.4, -0.2) is 62.0 Å². The summed E-state index contributed by atoms with van der Waals surface area (Å²) in [5.74, 6) is 0. The Kier molecular flexibility index (Phi) is 3.88. The van der Waals surface area contributed by atoms with Crippen molar-refractivity contribution in [2.45, 2.75) is 51.6 Å². The molecule has 1 N–H and O–H groups in total. The van der Waals surface area contributed by atoms with Crippen molar-refractivity contribution in [3.63, 3.8) is 0 Å². The van der Waals surface area contributed by atoms with Crippen LogP contribution < -0.4 is 5.31 Å². The highest BCUT2D eigenvalue weighted by atomic mass is 16.5. The molecule has 0 aromatic rings. The molecule has 2 saturated heterocycles. The van der Waals surface area contributed by atoms with Crippen LogP contribution in [-0.2, 0) is 9.47 Å². The molecule has 0 spiro atoms. The third kappa shape index (κ3) is 4.21. The fourth-order valence-electron chi connectivity index (χ4n) is 2.62. The monoisotopic (exact) mass is 246 g/mol. The largest absolute Gasteiger partial charge is 0.373 e. The molecular formula is C13H26N2O2. The standard InChI is InChI=1S/C13H26N2O2/c1-10-6-14-7-13(17-10)4-5-15-8-11(2)16-12(3)9-15/h10-14H,4-9H2,1-3H3/i2T/hT. The number of nitrogens with one attached hydrogen (secondary N) is 1. The summed E-state index contributed by atoms with van der Waals surface area (Å²) in [4.78, 5) is 2.37. The SMILES string of the molecule is [3H]CC1CN(CCC2CN([3H])CC(C)O2)CC(C)O1. The fourth-order valence-corrected chi connectivity index (χ4v) is 2.62. The van der Waals surface area contributed by atoms with Crippen molar-refractivity contribution in [1.82, 2.24) is 10.2 Å². The summed E-state index contributed by atoms with van der Waals surface area (Å²) < 4.78 is 26.8. The highest BCUT2D eigenvalue weighted by Crippen LogP contribution is 2.13. The van der Waals surface area contributed by atoms with Crippen molar-refractivity contribution >= 4 is 0 Å². The molecule has 0 aromatic carbocycles. The van der Waals surface area contributed by atoms with E-state index in [0.29, 0.717) is 20.0 Å². The predicted molar refractivity (Wildman–Crippen MR) is 68.3 cm³/mol. The van der Waals surface area contributed by atoms with E-state index in [4.69, 9.17) is 12.3 Å². The molecule has 2 aliphatic heterocycles. The Morgan fingerprint density at radius 2 is 2.06 bits per heavy atom. The molecule has 0 saturated carbocycles. The Bertz CT molecular complexity index is 273. The van der Waals surface area contributed by atoms with E-state index in [1.54, 1.807) is 5.31 Å². The zero-order valence-corrected chi connectivity index (χ0v) is 11.0. The van der Waals surface area contributed by atoms with Gasteiger partial charge in [0, 0.05) is 34.1 Å². The molecule has 2 aliphatic rings. The van der Waals surface area contributed by atoms with Gasteiger partial charge >= 0.3 is 0 Å². The molecule has 4 heteroatoms. The van der Waals surface area contributed by atoms with E-state index in [2.05, 4.69) is 11.8 Å². The summed E-state index contributed by atoms with van der Waals surface area (Å²) in [6.45, 7) is 8.58. The van der Waals surface area contributed by atoms with E-state index in [-0.39, 0.29) is 24.4 Å². The van der Waals surface area contributed by atoms with Gasteiger partial charge in [0.05, 0.1) is 24.4 Å². The first-order valence-corrected chi connectivity index (χ1v) is 6.63. The Morgan fingerprint density at radius 1 is 1.24 bits per heavy atom. The number of hydrogen-bond acceptors (Lipinski definition) is 4. The fraction of sp³-hybridized carbons (Fsp3) is 1.00. The van der Waals surface area contributed by atoms with Crippen LogP contribution in [0.2, 0.25) is 1.41 Å². The van der Waals surface area contributed by atoms with Crippen LogP contribution in [0.5, 0.6) is 0 Å². The number of hydrogen-bond donors (Lipinski definition) is 1. The highest BCUT2D eigenvalue weighted by molar-refractivity contribution is 4.77. The molecule has 0 aromatic heterocycles. The van der Waals surface area contributed by atoms with Crippen molar-refractivity contribution in [2.24, 2.45) is 0 Å². The van der Waals surface area contributed by atoms with Gasteiger partial charge in [0.2, 0.25) is 0 Å². The minimum atomic E-state index is 0.0441. The number of ether oxygens (including phenoxy) is 2. The predicted octanol–water partition coefficient (Wildman–Crippen LogP) is 0.863. The van der Waals surface area contributed by atoms with Crippen LogP contribution in [0.3, 0.4) is 0 Å². The molecule has 0 aliphatic carbocycles. The lowest BCUT2D eigenvalue weighted by Gasteiger charge is -2.36. The van der Waals surface area contributed by atoms with Gasteiger partial charge in [0.25, 0.3) is 0 Å². The average Bonchev–Trinajstić information content (AvgIpc) is 2.34. The van der Waals surface area contributed by atoms with Crippen molar-refractivity contribution < 1.29 is 12.3 Å². The highest BCUT2D eigenvalue weighted by Gasteiger charge is 2.24. The second-order valence-corrected chi connectivity index (χ2v) is 5.27. The molecule has 4 unspecified atom stereocenters. The zero-order chi connectivity index (χ0) is 13.8. The normalized spacial score (nSPS) is 43.2. The van der Waals surface area contributed by atoms with Crippen molar-refractivity contribution in [1.29, 1.82) is 0 Å². The van der Waals surface area contributed by atoms with Gasteiger partial charge < -0.3 is 14.8 Å². The van der Waals surface area contributed by atoms with E-state index in [0.717, 1.165) is 26.1 Å². The molecule has 2 fully saturated rings. The lowest BCUT2D eigenvalue weighted by Crippen LogP contribution is -2.48. The Labute approximate surface area is 108 Å². The Morgan fingerprint density at radius 3 is 2.82 bits per heavy atom. The summed E-state index contributed by atoms with van der Waals surface area (Å²) >= 11 is 0. The molecule has 4 atom stereocenters. The summed E-state index contributed by atoms with van der Waals surface area (Å²) in [7, 11) is 0. The van der Waals surface area contributed by atoms with E-state index >= 15 is 0 Å². The van der Waals surface area contributed by atoms with E-state index in [1.807, 2.05) is 6.92 Å². The third-order valence-electron chi connectivity index (χ3n) is 3.31. The van der Waals surface area contributed by atoms with Gasteiger partial charge in [0.1, 0.15) is 1.41 Å². The van der Waals surface area contributed by atoms with Crippen molar-refractivity contribution in [3.8, 4) is 0 Å². The number of nitrogens with zero attached hydrogens (tertiary/aromatic N) is 1. The van der Waals surface area contributed by atoms with Crippen LogP contribution in [0.4, 0.5) is 0 Å². The summed E-state index contributed by atoms with van der Waals surface area (Å²) in [6.07, 6.45) is 1.53.